The molecule has 17 heavy (non-hydrogen) atoms. The van der Waals surface area contributed by atoms with E-state index in [2.05, 4.69) is 9.97 Å². The van der Waals surface area contributed by atoms with Crippen molar-refractivity contribution in [1.29, 1.82) is 0 Å². The van der Waals surface area contributed by atoms with E-state index in [-0.39, 0.29) is 0 Å². The Morgan fingerprint density at radius 2 is 2.00 bits per heavy atom. The summed E-state index contributed by atoms with van der Waals surface area (Å²) in [6.07, 6.45) is 1.63. The number of rotatable bonds is 3. The predicted octanol–water partition coefficient (Wildman–Crippen LogP) is 0.788. The summed E-state index contributed by atoms with van der Waals surface area (Å²) < 4.78 is 0. The number of benzene rings is 1. The molecule has 0 fully saturated rings. The van der Waals surface area contributed by atoms with E-state index in [1.54, 1.807) is 13.1 Å². The van der Waals surface area contributed by atoms with Gasteiger partial charge < -0.3 is 5.73 Å². The quantitative estimate of drug-likeness (QED) is 0.788. The minimum atomic E-state index is -0.964. The van der Waals surface area contributed by atoms with Crippen LogP contribution in [-0.2, 0) is 9.59 Å². The van der Waals surface area contributed by atoms with E-state index in [1.807, 2.05) is 24.3 Å². The van der Waals surface area contributed by atoms with Crippen LogP contribution < -0.4 is 5.73 Å². The summed E-state index contributed by atoms with van der Waals surface area (Å²) >= 11 is 0. The number of para-hydroxylation sites is 1. The molecular weight excluding hydrogens is 218 g/mol. The van der Waals surface area contributed by atoms with Gasteiger partial charge in [-0.1, -0.05) is 18.2 Å². The highest BCUT2D eigenvalue weighted by Crippen LogP contribution is 2.15. The summed E-state index contributed by atoms with van der Waals surface area (Å²) in [6.45, 7) is 1.57. The zero-order valence-corrected chi connectivity index (χ0v) is 9.25. The molecule has 1 heterocycles. The smallest absolute Gasteiger partial charge is 0.285 e. The molecular formula is C12H11N3O2. The lowest BCUT2D eigenvalue weighted by Gasteiger charge is -2.07. The lowest BCUT2D eigenvalue weighted by Crippen LogP contribution is -2.28. The van der Waals surface area contributed by atoms with E-state index in [4.69, 9.17) is 5.73 Å². The van der Waals surface area contributed by atoms with Crippen LogP contribution in [-0.4, -0.2) is 21.7 Å². The van der Waals surface area contributed by atoms with Crippen LogP contribution in [0.3, 0.4) is 0 Å². The SMILES string of the molecule is CC(C(=O)C(N)=O)c1ncc2ccccc2n1. The highest BCUT2D eigenvalue weighted by molar-refractivity contribution is 6.37. The van der Waals surface area contributed by atoms with Crippen molar-refractivity contribution in [2.75, 3.05) is 0 Å². The predicted molar refractivity (Wildman–Crippen MR) is 62.2 cm³/mol. The highest BCUT2D eigenvalue weighted by atomic mass is 16.2. The highest BCUT2D eigenvalue weighted by Gasteiger charge is 2.22. The number of aromatic nitrogens is 2. The molecule has 5 nitrogen and oxygen atoms in total. The zero-order valence-electron chi connectivity index (χ0n) is 9.25. The average molecular weight is 229 g/mol. The van der Waals surface area contributed by atoms with Crippen molar-refractivity contribution in [3.05, 3.63) is 36.3 Å². The van der Waals surface area contributed by atoms with E-state index >= 15 is 0 Å². The van der Waals surface area contributed by atoms with Gasteiger partial charge >= 0.3 is 0 Å². The number of hydrogen-bond donors (Lipinski definition) is 1. The Morgan fingerprint density at radius 1 is 1.29 bits per heavy atom. The number of Topliss-reactive ketones (excluding diaryl/α,β-unsaturated/α-hetero) is 1. The fraction of sp³-hybridized carbons (Fsp3) is 0.167. The molecule has 2 rings (SSSR count). The Bertz CT molecular complexity index is 595. The number of carbonyl (C=O) groups excluding carboxylic acids is 2. The number of primary amides is 1. The van der Waals surface area contributed by atoms with Gasteiger partial charge in [0.05, 0.1) is 11.4 Å². The number of ketones is 1. The Kier molecular flexibility index (Phi) is 2.82. The molecule has 0 saturated carbocycles. The van der Waals surface area contributed by atoms with Gasteiger partial charge in [0.2, 0.25) is 5.78 Å². The number of amides is 1. The standard InChI is InChI=1S/C12H11N3O2/c1-7(10(16)11(13)17)12-14-6-8-4-2-3-5-9(8)15-12/h2-7H,1H3,(H2,13,17). The second kappa shape index (κ2) is 4.29. The molecule has 1 unspecified atom stereocenters. The molecule has 1 amide bonds. The zero-order chi connectivity index (χ0) is 12.4. The van der Waals surface area contributed by atoms with E-state index < -0.39 is 17.6 Å². The van der Waals surface area contributed by atoms with Crippen molar-refractivity contribution in [3.8, 4) is 0 Å². The summed E-state index contributed by atoms with van der Waals surface area (Å²) in [5.41, 5.74) is 5.68. The molecule has 0 aliphatic heterocycles. The first-order valence-electron chi connectivity index (χ1n) is 5.15. The monoisotopic (exact) mass is 229 g/mol. The Labute approximate surface area is 97.7 Å². The number of hydrogen-bond acceptors (Lipinski definition) is 4. The summed E-state index contributed by atoms with van der Waals surface area (Å²) in [5.74, 6) is -2.04. The molecule has 0 saturated heterocycles. The lowest BCUT2D eigenvalue weighted by molar-refractivity contribution is -0.136. The van der Waals surface area contributed by atoms with Gasteiger partial charge in [-0.25, -0.2) is 9.97 Å². The third-order valence-electron chi connectivity index (χ3n) is 2.53. The van der Waals surface area contributed by atoms with Crippen LogP contribution in [0.1, 0.15) is 18.7 Å². The molecule has 1 atom stereocenters. The van der Waals surface area contributed by atoms with Gasteiger partial charge in [-0.05, 0) is 13.0 Å². The van der Waals surface area contributed by atoms with Crippen molar-refractivity contribution in [2.45, 2.75) is 12.8 Å². The van der Waals surface area contributed by atoms with Gasteiger partial charge in [-0.3, -0.25) is 9.59 Å². The number of carbonyl (C=O) groups is 2. The third-order valence-corrected chi connectivity index (χ3v) is 2.53. The van der Waals surface area contributed by atoms with E-state index in [0.29, 0.717) is 5.82 Å². The van der Waals surface area contributed by atoms with Crippen molar-refractivity contribution < 1.29 is 9.59 Å². The summed E-state index contributed by atoms with van der Waals surface area (Å²) in [5, 5.41) is 0.884. The van der Waals surface area contributed by atoms with E-state index in [1.165, 1.54) is 0 Å². The second-order valence-electron chi connectivity index (χ2n) is 3.74. The van der Waals surface area contributed by atoms with Crippen LogP contribution in [0.4, 0.5) is 0 Å². The maximum atomic E-state index is 11.4. The first-order chi connectivity index (χ1) is 8.09. The number of fused-ring (bicyclic) bond motifs is 1. The van der Waals surface area contributed by atoms with Gasteiger partial charge in [0.15, 0.2) is 0 Å². The van der Waals surface area contributed by atoms with E-state index in [0.717, 1.165) is 10.9 Å². The molecule has 5 heteroatoms. The van der Waals surface area contributed by atoms with Crippen molar-refractivity contribution >= 4 is 22.6 Å². The first-order valence-corrected chi connectivity index (χ1v) is 5.15. The Balaban J connectivity index is 2.43. The molecule has 2 aromatic rings. The van der Waals surface area contributed by atoms with Crippen LogP contribution in [0.5, 0.6) is 0 Å². The first kappa shape index (κ1) is 11.2. The van der Waals surface area contributed by atoms with Gasteiger partial charge in [0.1, 0.15) is 5.82 Å². The minimum Gasteiger partial charge on any atom is -0.363 e. The number of nitrogens with zero attached hydrogens (tertiary/aromatic N) is 2. The Hall–Kier alpha value is -2.30. The van der Waals surface area contributed by atoms with Crippen LogP contribution in [0.2, 0.25) is 0 Å². The van der Waals surface area contributed by atoms with Crippen LogP contribution in [0.15, 0.2) is 30.5 Å². The van der Waals surface area contributed by atoms with Crippen molar-refractivity contribution in [3.63, 3.8) is 0 Å². The average Bonchev–Trinajstić information content (AvgIpc) is 2.36. The molecule has 0 aliphatic rings. The molecule has 0 bridgehead atoms. The normalized spacial score (nSPS) is 12.3. The molecule has 1 aromatic carbocycles. The molecule has 0 aliphatic carbocycles. The van der Waals surface area contributed by atoms with Gasteiger partial charge in [0, 0.05) is 11.6 Å². The van der Waals surface area contributed by atoms with Crippen molar-refractivity contribution in [1.82, 2.24) is 9.97 Å². The van der Waals surface area contributed by atoms with Gasteiger partial charge in [-0.2, -0.15) is 0 Å². The Morgan fingerprint density at radius 3 is 2.71 bits per heavy atom. The van der Waals surface area contributed by atoms with Gasteiger partial charge in [-0.15, -0.1) is 0 Å². The van der Waals surface area contributed by atoms with Crippen molar-refractivity contribution in [2.24, 2.45) is 5.73 Å². The van der Waals surface area contributed by atoms with Gasteiger partial charge in [0.25, 0.3) is 5.91 Å². The molecule has 1 aromatic heterocycles. The molecule has 2 N–H and O–H groups in total. The molecule has 86 valence electrons. The fourth-order valence-electron chi connectivity index (χ4n) is 1.53. The molecule has 0 spiro atoms. The summed E-state index contributed by atoms with van der Waals surface area (Å²) in [4.78, 5) is 30.5. The molecule has 0 radical (unpaired) electrons. The minimum absolute atomic E-state index is 0.313. The topological polar surface area (TPSA) is 85.9 Å². The number of nitrogens with two attached hydrogens (primary N) is 1. The maximum absolute atomic E-state index is 11.4. The summed E-state index contributed by atoms with van der Waals surface area (Å²) in [6, 6.07) is 7.42. The largest absolute Gasteiger partial charge is 0.363 e. The van der Waals surface area contributed by atoms with E-state index in [9.17, 15) is 9.59 Å². The lowest BCUT2D eigenvalue weighted by atomic mass is 10.1. The van der Waals surface area contributed by atoms with Crippen LogP contribution in [0, 0.1) is 0 Å². The third kappa shape index (κ3) is 2.13. The van der Waals surface area contributed by atoms with Crippen LogP contribution in [0.25, 0.3) is 10.9 Å². The fourth-order valence-corrected chi connectivity index (χ4v) is 1.53. The summed E-state index contributed by atoms with van der Waals surface area (Å²) in [7, 11) is 0. The maximum Gasteiger partial charge on any atom is 0.285 e. The van der Waals surface area contributed by atoms with Crippen LogP contribution >= 0.6 is 0 Å². The second-order valence-corrected chi connectivity index (χ2v) is 3.74.